The van der Waals surface area contributed by atoms with Gasteiger partial charge in [0.05, 0.1) is 6.10 Å². The molecule has 2 aliphatic rings. The van der Waals surface area contributed by atoms with Gasteiger partial charge in [0.15, 0.2) is 0 Å². The first-order chi connectivity index (χ1) is 13.3. The Morgan fingerprint density at radius 2 is 1.39 bits per heavy atom. The number of hydrogen-bond donors (Lipinski definition) is 1. The third-order valence-electron chi connectivity index (χ3n) is 5.41. The maximum atomic E-state index is 7.64. The van der Waals surface area contributed by atoms with Crippen molar-refractivity contribution in [3.63, 3.8) is 0 Å². The average molecular weight is 373 g/mol. The Morgan fingerprint density at radius 3 is 1.79 bits per heavy atom. The van der Waals surface area contributed by atoms with Gasteiger partial charge in [-0.15, -0.1) is 0 Å². The zero-order valence-electron chi connectivity index (χ0n) is 17.8. The van der Waals surface area contributed by atoms with Gasteiger partial charge >= 0.3 is 0 Å². The molecule has 0 amide bonds. The first-order valence-electron chi connectivity index (χ1n) is 10.0. The third-order valence-corrected chi connectivity index (χ3v) is 5.41. The second kappa shape index (κ2) is 8.51. The molecule has 2 aromatic carbocycles. The van der Waals surface area contributed by atoms with Gasteiger partial charge in [0.1, 0.15) is 7.28 Å². The summed E-state index contributed by atoms with van der Waals surface area (Å²) in [6.07, 6.45) is 4.64. The minimum absolute atomic E-state index is 0.0602. The molecule has 0 spiro atoms. The molecule has 0 bridgehead atoms. The Labute approximate surface area is 170 Å². The summed E-state index contributed by atoms with van der Waals surface area (Å²) < 4.78 is 0. The number of rotatable bonds is 3. The fourth-order valence-electron chi connectivity index (χ4n) is 4.08. The van der Waals surface area contributed by atoms with Crippen molar-refractivity contribution in [3.05, 3.63) is 82.0 Å². The van der Waals surface area contributed by atoms with Crippen LogP contribution in [0.25, 0.3) is 11.1 Å². The van der Waals surface area contributed by atoms with Crippen LogP contribution in [-0.2, 0) is 4.89 Å². The third kappa shape index (κ3) is 4.32. The van der Waals surface area contributed by atoms with Crippen LogP contribution in [0, 0.1) is 13.8 Å². The lowest BCUT2D eigenvalue weighted by atomic mass is 9.51. The molecule has 0 saturated heterocycles. The predicted molar refractivity (Wildman–Crippen MR) is 119 cm³/mol. The molecule has 1 radical (unpaired) electrons. The normalized spacial score (nSPS) is 17.5. The highest BCUT2D eigenvalue weighted by Gasteiger charge is 2.32. The highest BCUT2D eigenvalue weighted by molar-refractivity contribution is 6.44. The summed E-state index contributed by atoms with van der Waals surface area (Å²) in [4.78, 5) is 3.75. The lowest BCUT2D eigenvalue weighted by molar-refractivity contribution is -0.269. The van der Waals surface area contributed by atoms with Gasteiger partial charge in [0, 0.05) is 0 Å². The quantitative estimate of drug-likeness (QED) is 0.370. The molecule has 1 atom stereocenters. The average Bonchev–Trinajstić information content (AvgIpc) is 3.12. The lowest BCUT2D eigenvalue weighted by Gasteiger charge is -2.18. The van der Waals surface area contributed by atoms with Gasteiger partial charge in [0.25, 0.3) is 0 Å². The Kier molecular flexibility index (Phi) is 6.27. The van der Waals surface area contributed by atoms with Crippen LogP contribution in [-0.4, -0.2) is 18.6 Å². The SMILES string of the molecule is CC(C)OO.CC1=CC([B]C2c3cc(C)ccc3-c3ccc(C)cc32)C(C)=C1. The number of allylic oxidation sites excluding steroid dienone is 4. The van der Waals surface area contributed by atoms with E-state index in [1.807, 2.05) is 0 Å². The molecule has 145 valence electrons. The molecule has 28 heavy (non-hydrogen) atoms. The highest BCUT2D eigenvalue weighted by Crippen LogP contribution is 2.47. The van der Waals surface area contributed by atoms with E-state index in [0.29, 0.717) is 11.6 Å². The molecule has 0 saturated carbocycles. The Hall–Kier alpha value is -2.10. The molecule has 2 aliphatic carbocycles. The van der Waals surface area contributed by atoms with E-state index in [-0.39, 0.29) is 6.10 Å². The van der Waals surface area contributed by atoms with Crippen molar-refractivity contribution in [3.8, 4) is 11.1 Å². The van der Waals surface area contributed by atoms with Gasteiger partial charge in [-0.2, -0.15) is 0 Å². The molecule has 0 aromatic heterocycles. The number of fused-ring (bicyclic) bond motifs is 3. The van der Waals surface area contributed by atoms with E-state index < -0.39 is 0 Å². The van der Waals surface area contributed by atoms with Crippen molar-refractivity contribution in [2.45, 2.75) is 59.3 Å². The number of hydrogen-bond acceptors (Lipinski definition) is 2. The maximum absolute atomic E-state index is 7.64. The van der Waals surface area contributed by atoms with Crippen molar-refractivity contribution >= 4 is 7.28 Å². The van der Waals surface area contributed by atoms with E-state index >= 15 is 0 Å². The van der Waals surface area contributed by atoms with Gasteiger partial charge in [-0.05, 0) is 75.4 Å². The molecule has 0 fully saturated rings. The summed E-state index contributed by atoms with van der Waals surface area (Å²) in [6.45, 7) is 12.3. The summed E-state index contributed by atoms with van der Waals surface area (Å²) >= 11 is 0. The predicted octanol–water partition coefficient (Wildman–Crippen LogP) is 6.66. The zero-order chi connectivity index (χ0) is 20.4. The summed E-state index contributed by atoms with van der Waals surface area (Å²) in [5, 5.41) is 7.64. The molecule has 0 heterocycles. The highest BCUT2D eigenvalue weighted by atomic mass is 17.1. The zero-order valence-corrected chi connectivity index (χ0v) is 17.8. The topological polar surface area (TPSA) is 29.5 Å². The van der Waals surface area contributed by atoms with Gasteiger partial charge in [-0.25, -0.2) is 4.89 Å². The lowest BCUT2D eigenvalue weighted by Crippen LogP contribution is -2.12. The number of benzene rings is 2. The Morgan fingerprint density at radius 1 is 0.893 bits per heavy atom. The molecule has 4 rings (SSSR count). The van der Waals surface area contributed by atoms with Crippen molar-refractivity contribution in [1.82, 2.24) is 0 Å². The van der Waals surface area contributed by atoms with Crippen LogP contribution in [0.1, 0.15) is 55.8 Å². The van der Waals surface area contributed by atoms with Crippen molar-refractivity contribution in [1.29, 1.82) is 0 Å². The van der Waals surface area contributed by atoms with Gasteiger partial charge in [0.2, 0.25) is 0 Å². The van der Waals surface area contributed by atoms with Gasteiger partial charge < -0.3 is 0 Å². The Bertz CT molecular complexity index is 873. The number of aryl methyl sites for hydroxylation is 2. The molecule has 1 unspecified atom stereocenters. The van der Waals surface area contributed by atoms with E-state index in [9.17, 15) is 0 Å². The van der Waals surface area contributed by atoms with E-state index in [2.05, 4.69) is 88.4 Å². The van der Waals surface area contributed by atoms with Crippen LogP contribution in [0.3, 0.4) is 0 Å². The minimum Gasteiger partial charge on any atom is -0.252 e. The second-order valence-corrected chi connectivity index (χ2v) is 8.33. The monoisotopic (exact) mass is 373 g/mol. The second-order valence-electron chi connectivity index (χ2n) is 8.33. The largest absolute Gasteiger partial charge is 0.252 e. The molecule has 2 nitrogen and oxygen atoms in total. The molecular weight excluding hydrogens is 343 g/mol. The van der Waals surface area contributed by atoms with Crippen LogP contribution in [0.2, 0.25) is 5.82 Å². The molecule has 2 aromatic rings. The van der Waals surface area contributed by atoms with Crippen LogP contribution in [0.15, 0.2) is 59.7 Å². The minimum atomic E-state index is -0.0602. The van der Waals surface area contributed by atoms with E-state index in [0.717, 1.165) is 0 Å². The summed E-state index contributed by atoms with van der Waals surface area (Å²) in [7, 11) is 2.53. The smallest absolute Gasteiger partial charge is 0.140 e. The first kappa shape index (κ1) is 20.6. The first-order valence-corrected chi connectivity index (χ1v) is 10.0. The molecule has 1 N–H and O–H groups in total. The maximum Gasteiger partial charge on any atom is 0.140 e. The van der Waals surface area contributed by atoms with Crippen LogP contribution in [0.5, 0.6) is 0 Å². The van der Waals surface area contributed by atoms with E-state index in [4.69, 9.17) is 5.26 Å². The molecule has 0 aliphatic heterocycles. The van der Waals surface area contributed by atoms with Gasteiger partial charge in [-0.1, -0.05) is 70.8 Å². The molecule has 3 heteroatoms. The van der Waals surface area contributed by atoms with Gasteiger partial charge in [-0.3, -0.25) is 5.26 Å². The molecular formula is C25H30BO2. The summed E-state index contributed by atoms with van der Waals surface area (Å²) in [5.41, 5.74) is 11.3. The van der Waals surface area contributed by atoms with Crippen molar-refractivity contribution in [2.75, 3.05) is 0 Å². The van der Waals surface area contributed by atoms with Crippen molar-refractivity contribution < 1.29 is 10.1 Å². The fraction of sp³-hybridized carbons (Fsp3) is 0.360. The van der Waals surface area contributed by atoms with E-state index in [1.165, 1.54) is 44.5 Å². The van der Waals surface area contributed by atoms with E-state index in [1.54, 1.807) is 13.8 Å². The Balaban J connectivity index is 0.000000403. The summed E-state index contributed by atoms with van der Waals surface area (Å²) in [6, 6.07) is 13.8. The van der Waals surface area contributed by atoms with Crippen LogP contribution >= 0.6 is 0 Å². The van der Waals surface area contributed by atoms with Crippen molar-refractivity contribution in [2.24, 2.45) is 0 Å². The van der Waals surface area contributed by atoms with Crippen LogP contribution in [0.4, 0.5) is 0 Å². The fourth-order valence-corrected chi connectivity index (χ4v) is 4.08. The van der Waals surface area contributed by atoms with Crippen LogP contribution < -0.4 is 0 Å². The summed E-state index contributed by atoms with van der Waals surface area (Å²) in [5.74, 6) is 0.857. The standard InChI is InChI=1S/C22H22B.C3H8O2/c1-13-5-7-17-18-8-6-14(2)11-20(18)22(19(17)10-13)23-21-12-15(3)9-16(21)4;1-3(2)5-4/h5-12,21-22H,1-4H3;3-4H,1-2H3.